The van der Waals surface area contributed by atoms with Crippen molar-refractivity contribution in [1.82, 2.24) is 0 Å². The summed E-state index contributed by atoms with van der Waals surface area (Å²) in [4.78, 5) is 0. The van der Waals surface area contributed by atoms with Crippen molar-refractivity contribution >= 4 is 64.3 Å². The number of nitrogens with two attached hydrogens (primary N) is 2. The first kappa shape index (κ1) is 26.0. The number of aliphatic hydroxyl groups is 2. The molecule has 7 heteroatoms. The van der Waals surface area contributed by atoms with Crippen LogP contribution < -0.4 is 11.5 Å². The Morgan fingerprint density at radius 2 is 1.00 bits per heavy atom. The van der Waals surface area contributed by atoms with Crippen LogP contribution in [0.3, 0.4) is 0 Å². The third-order valence-corrected chi connectivity index (χ3v) is 1.46. The molecule has 0 saturated heterocycles. The minimum absolute atomic E-state index is 0. The van der Waals surface area contributed by atoms with Gasteiger partial charge in [-0.2, -0.15) is 0 Å². The van der Waals surface area contributed by atoms with Crippen LogP contribution in [-0.2, 0) is 0 Å². The van der Waals surface area contributed by atoms with Crippen molar-refractivity contribution in [3.05, 3.63) is 0 Å². The molecular weight excluding hydrogens is 267 g/mol. The first-order valence-corrected chi connectivity index (χ1v) is 6.16. The van der Waals surface area contributed by atoms with Gasteiger partial charge in [0.05, 0.1) is 0 Å². The predicted octanol–water partition coefficient (Wildman–Crippen LogP) is 2.29. The molecule has 0 bridgehead atoms. The Balaban J connectivity index is -0.0000000806. The number of rotatable bonds is 5. The molecule has 0 aromatic heterocycles. The zero-order chi connectivity index (χ0) is 13.4. The van der Waals surface area contributed by atoms with E-state index in [1.165, 1.54) is 38.5 Å². The van der Waals surface area contributed by atoms with Crippen LogP contribution in [0.4, 0.5) is 0 Å². The normalized spacial score (nSPS) is 7.41. The fraction of sp³-hybridized carbons (Fsp3) is 0.800. The predicted molar refractivity (Wildman–Crippen MR) is 85.0 cm³/mol. The van der Waals surface area contributed by atoms with E-state index in [2.05, 4.69) is 49.8 Å². The third-order valence-electron chi connectivity index (χ3n) is 1.46. The summed E-state index contributed by atoms with van der Waals surface area (Å²) in [5.41, 5.74) is 8.80. The number of thiocarbonyl (C=S) groups is 2. The molecule has 0 rings (SSSR count). The Morgan fingerprint density at radius 3 is 1.12 bits per heavy atom. The second-order valence-electron chi connectivity index (χ2n) is 3.09. The fourth-order valence-corrected chi connectivity index (χ4v) is 0.854. The Morgan fingerprint density at radius 1 is 0.824 bits per heavy atom. The standard InChI is InChI=1S/C8H18.2CH3NOS.Na.H/c1-3-5-7-8-6-4-2;2*2-1(3)4;;/h3-8H2,1-2H3;2*(H3,2,3,4);;. The third kappa shape index (κ3) is 117. The molecule has 100 valence electrons. The number of unbranched alkanes of at least 4 members (excludes halogenated alkanes) is 5. The van der Waals surface area contributed by atoms with Gasteiger partial charge in [-0.3, -0.25) is 0 Å². The molecule has 0 saturated carbocycles. The summed E-state index contributed by atoms with van der Waals surface area (Å²) < 4.78 is 0. The van der Waals surface area contributed by atoms with Crippen LogP contribution in [0, 0.1) is 0 Å². The van der Waals surface area contributed by atoms with Crippen molar-refractivity contribution < 1.29 is 10.2 Å². The summed E-state index contributed by atoms with van der Waals surface area (Å²) in [6.45, 7) is 4.51. The molecular formula is C10H25N2NaO2S2. The zero-order valence-electron chi connectivity index (χ0n) is 10.1. The SMILES string of the molecule is CCCCCCCC.NC(O)=S.NC(O)=S.[NaH]. The van der Waals surface area contributed by atoms with E-state index in [1.54, 1.807) is 0 Å². The van der Waals surface area contributed by atoms with E-state index in [-0.39, 0.29) is 29.6 Å². The molecule has 0 aliphatic heterocycles. The molecule has 0 fully saturated rings. The van der Waals surface area contributed by atoms with Crippen LogP contribution in [0.1, 0.15) is 52.4 Å². The molecule has 0 radical (unpaired) electrons. The summed E-state index contributed by atoms with van der Waals surface area (Å²) >= 11 is 7.74. The summed E-state index contributed by atoms with van der Waals surface area (Å²) in [5.74, 6) is 0. The van der Waals surface area contributed by atoms with E-state index in [1.807, 2.05) is 0 Å². The van der Waals surface area contributed by atoms with Crippen LogP contribution in [-0.4, -0.2) is 50.1 Å². The van der Waals surface area contributed by atoms with E-state index < -0.39 is 10.3 Å². The van der Waals surface area contributed by atoms with Gasteiger partial charge in [0, 0.05) is 0 Å². The summed E-state index contributed by atoms with van der Waals surface area (Å²) in [5, 5.41) is 14.1. The molecule has 0 atom stereocenters. The molecule has 0 aliphatic carbocycles. The molecule has 17 heavy (non-hydrogen) atoms. The molecule has 0 aromatic carbocycles. The zero-order valence-corrected chi connectivity index (χ0v) is 11.7. The topological polar surface area (TPSA) is 92.5 Å². The number of hydrogen-bond donors (Lipinski definition) is 4. The molecule has 6 N–H and O–H groups in total. The van der Waals surface area contributed by atoms with Crippen molar-refractivity contribution in [2.45, 2.75) is 52.4 Å². The van der Waals surface area contributed by atoms with Gasteiger partial charge < -0.3 is 21.7 Å². The van der Waals surface area contributed by atoms with Gasteiger partial charge in [0.1, 0.15) is 0 Å². The van der Waals surface area contributed by atoms with Crippen LogP contribution in [0.25, 0.3) is 0 Å². The minimum atomic E-state index is -0.500. The van der Waals surface area contributed by atoms with Crippen molar-refractivity contribution in [1.29, 1.82) is 0 Å². The van der Waals surface area contributed by atoms with Gasteiger partial charge in [0.15, 0.2) is 0 Å². The van der Waals surface area contributed by atoms with Gasteiger partial charge in [-0.25, -0.2) is 0 Å². The van der Waals surface area contributed by atoms with Gasteiger partial charge in [-0.15, -0.1) is 0 Å². The van der Waals surface area contributed by atoms with E-state index in [0.717, 1.165) is 0 Å². The molecule has 0 aliphatic rings. The average molecular weight is 292 g/mol. The number of aliphatic hydroxyl groups excluding tert-OH is 2. The van der Waals surface area contributed by atoms with Crippen LogP contribution in [0.15, 0.2) is 0 Å². The Labute approximate surface area is 137 Å². The van der Waals surface area contributed by atoms with Gasteiger partial charge >= 0.3 is 29.6 Å². The Bertz CT molecular complexity index is 146. The maximum atomic E-state index is 7.56. The Hall–Kier alpha value is 0.380. The molecule has 0 heterocycles. The quantitative estimate of drug-likeness (QED) is 0.353. The van der Waals surface area contributed by atoms with Crippen molar-refractivity contribution in [2.24, 2.45) is 11.5 Å². The first-order valence-electron chi connectivity index (χ1n) is 5.35. The molecule has 0 unspecified atom stereocenters. The summed E-state index contributed by atoms with van der Waals surface area (Å²) in [6, 6.07) is 0. The van der Waals surface area contributed by atoms with Crippen molar-refractivity contribution in [2.75, 3.05) is 0 Å². The van der Waals surface area contributed by atoms with Crippen LogP contribution in [0.5, 0.6) is 0 Å². The first-order chi connectivity index (χ1) is 7.38. The van der Waals surface area contributed by atoms with E-state index in [0.29, 0.717) is 0 Å². The second-order valence-corrected chi connectivity index (χ2v) is 3.93. The van der Waals surface area contributed by atoms with E-state index in [9.17, 15) is 0 Å². The number of hydrogen-bond acceptors (Lipinski definition) is 2. The van der Waals surface area contributed by atoms with Gasteiger partial charge in [-0.1, -0.05) is 52.4 Å². The van der Waals surface area contributed by atoms with E-state index >= 15 is 0 Å². The van der Waals surface area contributed by atoms with Gasteiger partial charge in [0.2, 0.25) is 0 Å². The summed E-state index contributed by atoms with van der Waals surface area (Å²) in [7, 11) is 0. The van der Waals surface area contributed by atoms with Gasteiger partial charge in [-0.05, 0) is 24.4 Å². The second kappa shape index (κ2) is 25.3. The Kier molecular flexibility index (Phi) is 38.7. The van der Waals surface area contributed by atoms with Gasteiger partial charge in [0.25, 0.3) is 10.3 Å². The molecule has 0 amide bonds. The van der Waals surface area contributed by atoms with E-state index in [4.69, 9.17) is 10.2 Å². The maximum absolute atomic E-state index is 7.56. The average Bonchev–Trinajstić information content (AvgIpc) is 2.11. The molecule has 4 nitrogen and oxygen atoms in total. The summed E-state index contributed by atoms with van der Waals surface area (Å²) in [6.07, 6.45) is 8.49. The van der Waals surface area contributed by atoms with Crippen LogP contribution >= 0.6 is 24.4 Å². The van der Waals surface area contributed by atoms with Crippen molar-refractivity contribution in [3.8, 4) is 0 Å². The molecule has 0 aromatic rings. The van der Waals surface area contributed by atoms with Crippen LogP contribution in [0.2, 0.25) is 0 Å². The monoisotopic (exact) mass is 292 g/mol. The molecule has 0 spiro atoms. The van der Waals surface area contributed by atoms with Crippen molar-refractivity contribution in [3.63, 3.8) is 0 Å². The fourth-order valence-electron chi connectivity index (χ4n) is 0.854.